The quantitative estimate of drug-likeness (QED) is 0.587. The molecular weight excluding hydrogens is 331 g/mol. The topological polar surface area (TPSA) is 92.8 Å². The molecule has 7 nitrogen and oxygen atoms in total. The first-order chi connectivity index (χ1) is 11.9. The van der Waals surface area contributed by atoms with E-state index in [9.17, 15) is 23.6 Å². The molecule has 1 saturated heterocycles. The highest BCUT2D eigenvalue weighted by Crippen LogP contribution is 2.19. The van der Waals surface area contributed by atoms with E-state index in [1.165, 1.54) is 31.4 Å². The number of imide groups is 1. The molecule has 0 aromatic heterocycles. The summed E-state index contributed by atoms with van der Waals surface area (Å²) >= 11 is 0. The second-order valence-corrected chi connectivity index (χ2v) is 5.64. The van der Waals surface area contributed by atoms with Gasteiger partial charge in [0.25, 0.3) is 0 Å². The first-order valence-corrected chi connectivity index (χ1v) is 7.85. The summed E-state index contributed by atoms with van der Waals surface area (Å²) in [6, 6.07) is 4.71. The summed E-state index contributed by atoms with van der Waals surface area (Å²) in [5.41, 5.74) is 0.550. The van der Waals surface area contributed by atoms with Crippen LogP contribution in [0.1, 0.15) is 37.3 Å². The molecule has 25 heavy (non-hydrogen) atoms. The summed E-state index contributed by atoms with van der Waals surface area (Å²) in [7, 11) is 1.23. The van der Waals surface area contributed by atoms with Gasteiger partial charge in [-0.3, -0.25) is 24.1 Å². The standard InChI is InChI=1S/C17H19FN2O5/c1-25-17(24)10-13(11-2-4-12(18)5-3-11)19-14(21)8-9-20-15(22)6-7-16(20)23/h2-5,13H,6-10H2,1H3,(H,19,21)/t13-/m0/s1. The molecule has 1 heterocycles. The number of ether oxygens (including phenoxy) is 1. The molecule has 0 aliphatic carbocycles. The fourth-order valence-electron chi connectivity index (χ4n) is 2.55. The Labute approximate surface area is 144 Å². The van der Waals surface area contributed by atoms with Crippen molar-refractivity contribution in [3.05, 3.63) is 35.6 Å². The van der Waals surface area contributed by atoms with Crippen LogP contribution in [0.3, 0.4) is 0 Å². The van der Waals surface area contributed by atoms with Crippen LogP contribution in [-0.2, 0) is 23.9 Å². The average molecular weight is 350 g/mol. The molecule has 1 atom stereocenters. The Bertz CT molecular complexity index is 658. The van der Waals surface area contributed by atoms with Crippen LogP contribution in [0.15, 0.2) is 24.3 Å². The third kappa shape index (κ3) is 5.10. The summed E-state index contributed by atoms with van der Waals surface area (Å²) < 4.78 is 17.7. The van der Waals surface area contributed by atoms with Crippen molar-refractivity contribution in [2.75, 3.05) is 13.7 Å². The number of carbonyl (C=O) groups is 4. The Kier molecular flexibility index (Phi) is 6.21. The van der Waals surface area contributed by atoms with Crippen molar-refractivity contribution in [1.82, 2.24) is 10.2 Å². The zero-order chi connectivity index (χ0) is 18.4. The van der Waals surface area contributed by atoms with E-state index in [-0.39, 0.29) is 44.0 Å². The van der Waals surface area contributed by atoms with Gasteiger partial charge in [-0.25, -0.2) is 4.39 Å². The fourth-order valence-corrected chi connectivity index (χ4v) is 2.55. The van der Waals surface area contributed by atoms with Crippen LogP contribution >= 0.6 is 0 Å². The van der Waals surface area contributed by atoms with E-state index in [1.807, 2.05) is 0 Å². The molecule has 0 radical (unpaired) electrons. The summed E-state index contributed by atoms with van der Waals surface area (Å²) in [4.78, 5) is 47.8. The number of carbonyl (C=O) groups excluding carboxylic acids is 4. The molecule has 2 rings (SSSR count). The highest BCUT2D eigenvalue weighted by atomic mass is 19.1. The number of nitrogens with zero attached hydrogens (tertiary/aromatic N) is 1. The molecule has 1 N–H and O–H groups in total. The van der Waals surface area contributed by atoms with E-state index in [0.29, 0.717) is 5.56 Å². The van der Waals surface area contributed by atoms with E-state index < -0.39 is 23.7 Å². The largest absolute Gasteiger partial charge is 0.469 e. The Hall–Kier alpha value is -2.77. The van der Waals surface area contributed by atoms with Gasteiger partial charge in [-0.05, 0) is 17.7 Å². The summed E-state index contributed by atoms with van der Waals surface area (Å²) in [5.74, 6) is -1.96. The number of hydrogen-bond donors (Lipinski definition) is 1. The SMILES string of the molecule is COC(=O)C[C@H](NC(=O)CCN1C(=O)CCC1=O)c1ccc(F)cc1. The van der Waals surface area contributed by atoms with E-state index >= 15 is 0 Å². The second-order valence-electron chi connectivity index (χ2n) is 5.64. The van der Waals surface area contributed by atoms with E-state index in [1.54, 1.807) is 0 Å². The van der Waals surface area contributed by atoms with Gasteiger partial charge in [0.15, 0.2) is 0 Å². The van der Waals surface area contributed by atoms with Crippen molar-refractivity contribution in [3.63, 3.8) is 0 Å². The summed E-state index contributed by atoms with van der Waals surface area (Å²) in [6.45, 7) is -0.00212. The van der Waals surface area contributed by atoms with Crippen molar-refractivity contribution in [1.29, 1.82) is 0 Å². The second kappa shape index (κ2) is 8.36. The van der Waals surface area contributed by atoms with E-state index in [0.717, 1.165) is 4.90 Å². The number of esters is 1. The molecule has 0 saturated carbocycles. The molecule has 3 amide bonds. The van der Waals surface area contributed by atoms with Gasteiger partial charge in [-0.1, -0.05) is 12.1 Å². The molecule has 1 aliphatic rings. The minimum atomic E-state index is -0.689. The number of hydrogen-bond acceptors (Lipinski definition) is 5. The number of methoxy groups -OCH3 is 1. The monoisotopic (exact) mass is 350 g/mol. The Balaban J connectivity index is 1.98. The van der Waals surface area contributed by atoms with Crippen LogP contribution in [0.25, 0.3) is 0 Å². The van der Waals surface area contributed by atoms with Gasteiger partial charge in [0.1, 0.15) is 5.82 Å². The Morgan fingerprint density at radius 1 is 1.20 bits per heavy atom. The minimum absolute atomic E-state index is 0.00212. The van der Waals surface area contributed by atoms with Crippen molar-refractivity contribution in [2.45, 2.75) is 31.7 Å². The molecule has 0 bridgehead atoms. The van der Waals surface area contributed by atoms with Gasteiger partial charge < -0.3 is 10.1 Å². The third-order valence-electron chi connectivity index (χ3n) is 3.92. The highest BCUT2D eigenvalue weighted by Gasteiger charge is 2.29. The van der Waals surface area contributed by atoms with Crippen LogP contribution in [0.4, 0.5) is 4.39 Å². The van der Waals surface area contributed by atoms with Gasteiger partial charge in [0, 0.05) is 25.8 Å². The molecule has 1 aliphatic heterocycles. The number of amides is 3. The zero-order valence-corrected chi connectivity index (χ0v) is 13.8. The lowest BCUT2D eigenvalue weighted by atomic mass is 10.0. The van der Waals surface area contributed by atoms with Crippen molar-refractivity contribution in [2.24, 2.45) is 0 Å². The lowest BCUT2D eigenvalue weighted by molar-refractivity contribution is -0.141. The van der Waals surface area contributed by atoms with E-state index in [4.69, 9.17) is 0 Å². The van der Waals surface area contributed by atoms with Gasteiger partial charge in [0.05, 0.1) is 19.6 Å². The van der Waals surface area contributed by atoms with Gasteiger partial charge in [0.2, 0.25) is 17.7 Å². The minimum Gasteiger partial charge on any atom is -0.469 e. The summed E-state index contributed by atoms with van der Waals surface area (Å²) in [5, 5.41) is 2.66. The number of rotatable bonds is 7. The Morgan fingerprint density at radius 3 is 2.36 bits per heavy atom. The maximum Gasteiger partial charge on any atom is 0.307 e. The maximum absolute atomic E-state index is 13.1. The number of likely N-dealkylation sites (tertiary alicyclic amines) is 1. The van der Waals surface area contributed by atoms with Gasteiger partial charge >= 0.3 is 5.97 Å². The fraction of sp³-hybridized carbons (Fsp3) is 0.412. The number of halogens is 1. The van der Waals surface area contributed by atoms with E-state index in [2.05, 4.69) is 10.1 Å². The molecule has 134 valence electrons. The molecule has 0 spiro atoms. The first-order valence-electron chi connectivity index (χ1n) is 7.85. The van der Waals surface area contributed by atoms with Crippen LogP contribution in [-0.4, -0.2) is 42.2 Å². The molecule has 1 fully saturated rings. The third-order valence-corrected chi connectivity index (χ3v) is 3.92. The van der Waals surface area contributed by atoms with Crippen molar-refractivity contribution >= 4 is 23.7 Å². The average Bonchev–Trinajstić information content (AvgIpc) is 2.91. The lowest BCUT2D eigenvalue weighted by Gasteiger charge is -2.19. The van der Waals surface area contributed by atoms with Crippen molar-refractivity contribution in [3.8, 4) is 0 Å². The molecular formula is C17H19FN2O5. The number of nitrogens with one attached hydrogen (secondary N) is 1. The van der Waals surface area contributed by atoms with Gasteiger partial charge in [-0.15, -0.1) is 0 Å². The van der Waals surface area contributed by atoms with Crippen LogP contribution in [0, 0.1) is 5.82 Å². The lowest BCUT2D eigenvalue weighted by Crippen LogP contribution is -2.36. The van der Waals surface area contributed by atoms with Gasteiger partial charge in [-0.2, -0.15) is 0 Å². The first kappa shape index (κ1) is 18.6. The molecule has 8 heteroatoms. The Morgan fingerprint density at radius 2 is 1.80 bits per heavy atom. The predicted molar refractivity (Wildman–Crippen MR) is 84.5 cm³/mol. The maximum atomic E-state index is 13.1. The zero-order valence-electron chi connectivity index (χ0n) is 13.8. The van der Waals surface area contributed by atoms with Crippen LogP contribution in [0.5, 0.6) is 0 Å². The molecule has 1 aromatic carbocycles. The summed E-state index contributed by atoms with van der Waals surface area (Å²) in [6.07, 6.45) is 0.147. The van der Waals surface area contributed by atoms with Crippen LogP contribution < -0.4 is 5.32 Å². The highest BCUT2D eigenvalue weighted by molar-refractivity contribution is 6.02. The molecule has 1 aromatic rings. The molecule has 0 unspecified atom stereocenters. The number of benzene rings is 1. The normalized spacial score (nSPS) is 15.2. The smallest absolute Gasteiger partial charge is 0.307 e. The van der Waals surface area contributed by atoms with Crippen LogP contribution in [0.2, 0.25) is 0 Å². The predicted octanol–water partition coefficient (Wildman–Crippen LogP) is 1.09. The van der Waals surface area contributed by atoms with Crippen molar-refractivity contribution < 1.29 is 28.3 Å².